The minimum absolute atomic E-state index is 0.0564. The second-order valence-electron chi connectivity index (χ2n) is 3.26. The van der Waals surface area contributed by atoms with Gasteiger partial charge in [-0.15, -0.1) is 0 Å². The zero-order chi connectivity index (χ0) is 10.6. The summed E-state index contributed by atoms with van der Waals surface area (Å²) in [7, 11) is -1.26. The lowest BCUT2D eigenvalue weighted by Gasteiger charge is -2.00. The van der Waals surface area contributed by atoms with Gasteiger partial charge in [0, 0.05) is 18.8 Å². The van der Waals surface area contributed by atoms with Crippen molar-refractivity contribution in [3.8, 4) is 0 Å². The third kappa shape index (κ3) is 3.47. The average molecular weight is 217 g/mol. The Hall–Kier alpha value is -0.880. The second kappa shape index (κ2) is 4.56. The van der Waals surface area contributed by atoms with Gasteiger partial charge in [0.1, 0.15) is 0 Å². The maximum absolute atomic E-state index is 11.5. The third-order valence-electron chi connectivity index (χ3n) is 1.80. The van der Waals surface area contributed by atoms with Crippen molar-refractivity contribution in [3.63, 3.8) is 0 Å². The average Bonchev–Trinajstić information content (AvgIpc) is 2.47. The lowest BCUT2D eigenvalue weighted by Crippen LogP contribution is -2.12. The SMILES string of the molecule is Cn1cc(CS(=O)(=O)CCCN)cn1. The number of nitrogens with zero attached hydrogens (tertiary/aromatic N) is 2. The Morgan fingerprint density at radius 3 is 2.79 bits per heavy atom. The first kappa shape index (κ1) is 11.2. The first-order valence-corrected chi connectivity index (χ1v) is 6.23. The van der Waals surface area contributed by atoms with E-state index < -0.39 is 9.84 Å². The van der Waals surface area contributed by atoms with Crippen molar-refractivity contribution >= 4 is 9.84 Å². The Balaban J connectivity index is 2.59. The summed E-state index contributed by atoms with van der Waals surface area (Å²) in [4.78, 5) is 0. The van der Waals surface area contributed by atoms with Crippen molar-refractivity contribution in [1.29, 1.82) is 0 Å². The summed E-state index contributed by atoms with van der Waals surface area (Å²) in [6.45, 7) is 0.409. The molecule has 0 saturated heterocycles. The molecule has 1 heterocycles. The van der Waals surface area contributed by atoms with Crippen LogP contribution in [0.4, 0.5) is 0 Å². The van der Waals surface area contributed by atoms with Crippen LogP contribution in [0.3, 0.4) is 0 Å². The smallest absolute Gasteiger partial charge is 0.154 e. The molecule has 0 aliphatic heterocycles. The van der Waals surface area contributed by atoms with Crippen LogP contribution in [0.2, 0.25) is 0 Å². The van der Waals surface area contributed by atoms with Crippen molar-refractivity contribution in [2.45, 2.75) is 12.2 Å². The molecule has 80 valence electrons. The van der Waals surface area contributed by atoms with Gasteiger partial charge in [-0.25, -0.2) is 8.42 Å². The van der Waals surface area contributed by atoms with Gasteiger partial charge in [-0.1, -0.05) is 0 Å². The van der Waals surface area contributed by atoms with Gasteiger partial charge in [0.25, 0.3) is 0 Å². The zero-order valence-electron chi connectivity index (χ0n) is 8.18. The molecule has 0 aliphatic carbocycles. The zero-order valence-corrected chi connectivity index (χ0v) is 9.00. The normalized spacial score (nSPS) is 11.9. The molecule has 0 fully saturated rings. The van der Waals surface area contributed by atoms with Crippen LogP contribution >= 0.6 is 0 Å². The first-order chi connectivity index (χ1) is 6.53. The summed E-state index contributed by atoms with van der Waals surface area (Å²) in [6.07, 6.45) is 3.79. The molecule has 2 N–H and O–H groups in total. The van der Waals surface area contributed by atoms with E-state index in [0.29, 0.717) is 13.0 Å². The predicted molar refractivity (Wildman–Crippen MR) is 54.4 cm³/mol. The van der Waals surface area contributed by atoms with Crippen LogP contribution in [0.25, 0.3) is 0 Å². The molecule has 0 bridgehead atoms. The number of hydrogen-bond acceptors (Lipinski definition) is 4. The highest BCUT2D eigenvalue weighted by molar-refractivity contribution is 7.90. The van der Waals surface area contributed by atoms with E-state index in [-0.39, 0.29) is 11.5 Å². The number of nitrogens with two attached hydrogens (primary N) is 1. The molecular formula is C8H15N3O2S. The maximum Gasteiger partial charge on any atom is 0.154 e. The first-order valence-electron chi connectivity index (χ1n) is 4.41. The van der Waals surface area contributed by atoms with Crippen molar-refractivity contribution in [3.05, 3.63) is 18.0 Å². The third-order valence-corrected chi connectivity index (χ3v) is 3.49. The summed E-state index contributed by atoms with van der Waals surface area (Å²) in [5, 5.41) is 3.91. The number of sulfone groups is 1. The molecule has 0 radical (unpaired) electrons. The van der Waals surface area contributed by atoms with E-state index in [2.05, 4.69) is 5.10 Å². The molecule has 0 aromatic carbocycles. The van der Waals surface area contributed by atoms with Gasteiger partial charge in [0.2, 0.25) is 0 Å². The van der Waals surface area contributed by atoms with E-state index in [0.717, 1.165) is 5.56 Å². The number of rotatable bonds is 5. The highest BCUT2D eigenvalue weighted by Gasteiger charge is 2.12. The van der Waals surface area contributed by atoms with Crippen LogP contribution in [-0.2, 0) is 22.6 Å². The molecular weight excluding hydrogens is 202 g/mol. The lowest BCUT2D eigenvalue weighted by atomic mass is 10.4. The Bertz CT molecular complexity index is 383. The molecule has 6 heteroatoms. The summed E-state index contributed by atoms with van der Waals surface area (Å²) < 4.78 is 24.5. The van der Waals surface area contributed by atoms with Crippen LogP contribution in [0.1, 0.15) is 12.0 Å². The number of aryl methyl sites for hydroxylation is 1. The Morgan fingerprint density at radius 2 is 2.29 bits per heavy atom. The molecule has 0 unspecified atom stereocenters. The van der Waals surface area contributed by atoms with E-state index in [4.69, 9.17) is 5.73 Å². The predicted octanol–water partition coefficient (Wildman–Crippen LogP) is -0.316. The molecule has 0 spiro atoms. The summed E-state index contributed by atoms with van der Waals surface area (Å²) >= 11 is 0. The molecule has 5 nitrogen and oxygen atoms in total. The number of aromatic nitrogens is 2. The highest BCUT2D eigenvalue weighted by atomic mass is 32.2. The fourth-order valence-corrected chi connectivity index (χ4v) is 2.58. The lowest BCUT2D eigenvalue weighted by molar-refractivity contribution is 0.593. The fraction of sp³-hybridized carbons (Fsp3) is 0.625. The van der Waals surface area contributed by atoms with Crippen LogP contribution in [0.15, 0.2) is 12.4 Å². The minimum atomic E-state index is -3.02. The monoisotopic (exact) mass is 217 g/mol. The van der Waals surface area contributed by atoms with Crippen LogP contribution in [0, 0.1) is 0 Å². The van der Waals surface area contributed by atoms with Crippen LogP contribution < -0.4 is 5.73 Å². The Labute approximate surface area is 83.8 Å². The molecule has 1 rings (SSSR count). The van der Waals surface area contributed by atoms with E-state index in [1.54, 1.807) is 24.1 Å². The molecule has 0 amide bonds. The van der Waals surface area contributed by atoms with E-state index in [9.17, 15) is 8.42 Å². The maximum atomic E-state index is 11.5. The summed E-state index contributed by atoms with van der Waals surface area (Å²) in [6, 6.07) is 0. The van der Waals surface area contributed by atoms with Crippen molar-refractivity contribution < 1.29 is 8.42 Å². The van der Waals surface area contributed by atoms with Crippen LogP contribution in [0.5, 0.6) is 0 Å². The second-order valence-corrected chi connectivity index (χ2v) is 5.44. The molecule has 0 aliphatic rings. The Morgan fingerprint density at radius 1 is 1.57 bits per heavy atom. The highest BCUT2D eigenvalue weighted by Crippen LogP contribution is 2.05. The van der Waals surface area contributed by atoms with Crippen LogP contribution in [-0.4, -0.2) is 30.5 Å². The Kier molecular flexibility index (Phi) is 3.65. The van der Waals surface area contributed by atoms with Gasteiger partial charge in [-0.05, 0) is 13.0 Å². The van der Waals surface area contributed by atoms with Gasteiger partial charge in [0.15, 0.2) is 9.84 Å². The molecule has 0 saturated carbocycles. The van der Waals surface area contributed by atoms with Gasteiger partial charge in [-0.3, -0.25) is 4.68 Å². The summed E-state index contributed by atoms with van der Waals surface area (Å²) in [5.74, 6) is 0.208. The summed E-state index contributed by atoms with van der Waals surface area (Å²) in [5.41, 5.74) is 5.98. The van der Waals surface area contributed by atoms with Crippen molar-refractivity contribution in [1.82, 2.24) is 9.78 Å². The molecule has 14 heavy (non-hydrogen) atoms. The molecule has 1 aromatic rings. The fourth-order valence-electron chi connectivity index (χ4n) is 1.18. The van der Waals surface area contributed by atoms with E-state index in [1.807, 2.05) is 0 Å². The van der Waals surface area contributed by atoms with Gasteiger partial charge < -0.3 is 5.73 Å². The standard InChI is InChI=1S/C8H15N3O2S/c1-11-6-8(5-10-11)7-14(12,13)4-2-3-9/h5-6H,2-4,7,9H2,1H3. The van der Waals surface area contributed by atoms with Crippen molar-refractivity contribution in [2.75, 3.05) is 12.3 Å². The van der Waals surface area contributed by atoms with E-state index >= 15 is 0 Å². The molecule has 1 aromatic heterocycles. The van der Waals surface area contributed by atoms with Gasteiger partial charge in [0.05, 0.1) is 17.7 Å². The van der Waals surface area contributed by atoms with Gasteiger partial charge in [-0.2, -0.15) is 5.10 Å². The van der Waals surface area contributed by atoms with Gasteiger partial charge >= 0.3 is 0 Å². The largest absolute Gasteiger partial charge is 0.330 e. The van der Waals surface area contributed by atoms with Crippen molar-refractivity contribution in [2.24, 2.45) is 12.8 Å². The minimum Gasteiger partial charge on any atom is -0.330 e. The topological polar surface area (TPSA) is 78.0 Å². The van der Waals surface area contributed by atoms with E-state index in [1.165, 1.54) is 0 Å². The number of hydrogen-bond donors (Lipinski definition) is 1. The quantitative estimate of drug-likeness (QED) is 0.733. The molecule has 0 atom stereocenters.